The van der Waals surface area contributed by atoms with Crippen LogP contribution in [0.3, 0.4) is 0 Å². The van der Waals surface area contributed by atoms with Crippen molar-refractivity contribution in [3.05, 3.63) is 28.5 Å². The number of hydrogen-bond donors (Lipinski definition) is 0. The second-order valence-corrected chi connectivity index (χ2v) is 5.33. The number of likely N-dealkylation sites (tertiary alicyclic amines) is 1. The molecule has 0 spiro atoms. The Morgan fingerprint density at radius 2 is 2.00 bits per heavy atom. The van der Waals surface area contributed by atoms with Crippen LogP contribution in [0.5, 0.6) is 0 Å². The van der Waals surface area contributed by atoms with Gasteiger partial charge in [-0.1, -0.05) is 0 Å². The van der Waals surface area contributed by atoms with Gasteiger partial charge < -0.3 is 9.64 Å². The Morgan fingerprint density at radius 1 is 1.26 bits per heavy atom. The van der Waals surface area contributed by atoms with Gasteiger partial charge in [0.2, 0.25) is 0 Å². The maximum atomic E-state index is 11.8. The highest BCUT2D eigenvalue weighted by Gasteiger charge is 2.18. The maximum absolute atomic E-state index is 11.8. The molecular formula is C13H15BrN2O3. The van der Waals surface area contributed by atoms with Crippen molar-refractivity contribution in [2.45, 2.75) is 19.3 Å². The summed E-state index contributed by atoms with van der Waals surface area (Å²) in [7, 11) is 0. The van der Waals surface area contributed by atoms with Crippen molar-refractivity contribution >= 4 is 27.8 Å². The van der Waals surface area contributed by atoms with Gasteiger partial charge in [0.25, 0.3) is 5.91 Å². The number of esters is 1. The molecule has 1 aromatic rings. The van der Waals surface area contributed by atoms with Gasteiger partial charge in [0.1, 0.15) is 0 Å². The molecule has 0 aromatic carbocycles. The predicted molar refractivity (Wildman–Crippen MR) is 72.7 cm³/mol. The molecule has 102 valence electrons. The Hall–Kier alpha value is -1.43. The Balaban J connectivity index is 1.84. The lowest BCUT2D eigenvalue weighted by molar-refractivity contribution is -0.135. The summed E-state index contributed by atoms with van der Waals surface area (Å²) in [6.45, 7) is 1.31. The van der Waals surface area contributed by atoms with E-state index >= 15 is 0 Å². The zero-order valence-electron chi connectivity index (χ0n) is 10.5. The third kappa shape index (κ3) is 4.02. The van der Waals surface area contributed by atoms with Crippen LogP contribution in [0.2, 0.25) is 0 Å². The third-order valence-corrected chi connectivity index (χ3v) is 3.41. The molecule has 1 aliphatic heterocycles. The molecule has 0 radical (unpaired) electrons. The number of rotatable bonds is 3. The van der Waals surface area contributed by atoms with Gasteiger partial charge in [0.05, 0.1) is 5.56 Å². The van der Waals surface area contributed by atoms with E-state index in [2.05, 4.69) is 20.9 Å². The molecule has 1 amide bonds. The summed E-state index contributed by atoms with van der Waals surface area (Å²) in [4.78, 5) is 29.2. The normalized spacial score (nSPS) is 15.1. The Morgan fingerprint density at radius 3 is 2.68 bits per heavy atom. The van der Waals surface area contributed by atoms with E-state index in [-0.39, 0.29) is 12.5 Å². The molecule has 0 aliphatic carbocycles. The molecule has 0 unspecified atom stereocenters. The van der Waals surface area contributed by atoms with Crippen LogP contribution in [0, 0.1) is 0 Å². The number of hydrogen-bond acceptors (Lipinski definition) is 4. The van der Waals surface area contributed by atoms with Crippen molar-refractivity contribution in [2.24, 2.45) is 0 Å². The fourth-order valence-electron chi connectivity index (χ4n) is 1.97. The highest BCUT2D eigenvalue weighted by Crippen LogP contribution is 2.11. The van der Waals surface area contributed by atoms with Gasteiger partial charge in [0, 0.05) is 30.0 Å². The van der Waals surface area contributed by atoms with Crippen molar-refractivity contribution in [1.29, 1.82) is 0 Å². The highest BCUT2D eigenvalue weighted by molar-refractivity contribution is 9.10. The van der Waals surface area contributed by atoms with Crippen molar-refractivity contribution in [3.8, 4) is 0 Å². The quantitative estimate of drug-likeness (QED) is 0.797. The first-order valence-electron chi connectivity index (χ1n) is 6.22. The van der Waals surface area contributed by atoms with Crippen molar-refractivity contribution in [3.63, 3.8) is 0 Å². The van der Waals surface area contributed by atoms with Gasteiger partial charge in [-0.2, -0.15) is 0 Å². The molecule has 5 nitrogen and oxygen atoms in total. The summed E-state index contributed by atoms with van der Waals surface area (Å²) in [5.41, 5.74) is 0.334. The van der Waals surface area contributed by atoms with Crippen LogP contribution in [-0.2, 0) is 9.53 Å². The number of piperidine rings is 1. The number of carbonyl (C=O) groups excluding carboxylic acids is 2. The van der Waals surface area contributed by atoms with Gasteiger partial charge >= 0.3 is 5.97 Å². The Kier molecular flexibility index (Phi) is 4.90. The van der Waals surface area contributed by atoms with Crippen LogP contribution < -0.4 is 0 Å². The van der Waals surface area contributed by atoms with E-state index in [1.54, 1.807) is 17.2 Å². The molecule has 0 bridgehead atoms. The number of aromatic nitrogens is 1. The maximum Gasteiger partial charge on any atom is 0.340 e. The van der Waals surface area contributed by atoms with Gasteiger partial charge in [-0.25, -0.2) is 4.79 Å². The molecule has 0 N–H and O–H groups in total. The second-order valence-electron chi connectivity index (χ2n) is 4.41. The lowest BCUT2D eigenvalue weighted by Crippen LogP contribution is -2.38. The minimum atomic E-state index is -0.529. The highest BCUT2D eigenvalue weighted by atomic mass is 79.9. The molecule has 1 saturated heterocycles. The zero-order chi connectivity index (χ0) is 13.7. The average molecular weight is 327 g/mol. The van der Waals surface area contributed by atoms with Crippen LogP contribution >= 0.6 is 15.9 Å². The van der Waals surface area contributed by atoms with E-state index in [1.165, 1.54) is 6.20 Å². The number of carbonyl (C=O) groups is 2. The molecule has 6 heteroatoms. The lowest BCUT2D eigenvalue weighted by atomic mass is 10.1. The van der Waals surface area contributed by atoms with Crippen LogP contribution in [0.1, 0.15) is 29.6 Å². The fraction of sp³-hybridized carbons (Fsp3) is 0.462. The summed E-state index contributed by atoms with van der Waals surface area (Å²) < 4.78 is 5.71. The van der Waals surface area contributed by atoms with E-state index in [9.17, 15) is 9.59 Å². The standard InChI is InChI=1S/C13H15BrN2O3/c14-11-6-10(7-15-8-11)13(18)19-9-12(17)16-4-2-1-3-5-16/h6-8H,1-5,9H2. The van der Waals surface area contributed by atoms with Gasteiger partial charge in [-0.3, -0.25) is 9.78 Å². The zero-order valence-corrected chi connectivity index (χ0v) is 12.1. The summed E-state index contributed by atoms with van der Waals surface area (Å²) in [5.74, 6) is -0.657. The van der Waals surface area contributed by atoms with Crippen LogP contribution in [-0.4, -0.2) is 41.5 Å². The summed E-state index contributed by atoms with van der Waals surface area (Å²) >= 11 is 3.23. The SMILES string of the molecule is O=C(OCC(=O)N1CCCCC1)c1cncc(Br)c1. The van der Waals surface area contributed by atoms with E-state index < -0.39 is 5.97 Å². The summed E-state index contributed by atoms with van der Waals surface area (Å²) in [5, 5.41) is 0. The first-order chi connectivity index (χ1) is 9.16. The second kappa shape index (κ2) is 6.65. The van der Waals surface area contributed by atoms with Crippen molar-refractivity contribution in [1.82, 2.24) is 9.88 Å². The average Bonchev–Trinajstić information content (AvgIpc) is 2.45. The number of nitrogens with zero attached hydrogens (tertiary/aromatic N) is 2. The summed E-state index contributed by atoms with van der Waals surface area (Å²) in [6.07, 6.45) is 6.20. The van der Waals surface area contributed by atoms with Crippen LogP contribution in [0.4, 0.5) is 0 Å². The van der Waals surface area contributed by atoms with Crippen molar-refractivity contribution < 1.29 is 14.3 Å². The molecule has 0 saturated carbocycles. The van der Waals surface area contributed by atoms with Crippen LogP contribution in [0.15, 0.2) is 22.9 Å². The molecule has 19 heavy (non-hydrogen) atoms. The van der Waals surface area contributed by atoms with E-state index in [0.717, 1.165) is 32.4 Å². The van der Waals surface area contributed by atoms with E-state index in [0.29, 0.717) is 10.0 Å². The number of amides is 1. The fourth-order valence-corrected chi connectivity index (χ4v) is 2.33. The Bertz CT molecular complexity index is 473. The molecule has 1 aromatic heterocycles. The Labute approximate surface area is 120 Å². The van der Waals surface area contributed by atoms with Gasteiger partial charge in [-0.15, -0.1) is 0 Å². The molecule has 1 fully saturated rings. The molecule has 2 rings (SSSR count). The van der Waals surface area contributed by atoms with Gasteiger partial charge in [0.15, 0.2) is 6.61 Å². The smallest absolute Gasteiger partial charge is 0.340 e. The number of pyridine rings is 1. The topological polar surface area (TPSA) is 59.5 Å². The molecule has 1 aliphatic rings. The summed E-state index contributed by atoms with van der Waals surface area (Å²) in [6, 6.07) is 1.61. The first-order valence-corrected chi connectivity index (χ1v) is 7.01. The lowest BCUT2D eigenvalue weighted by Gasteiger charge is -2.26. The van der Waals surface area contributed by atoms with Crippen LogP contribution in [0.25, 0.3) is 0 Å². The molecule has 2 heterocycles. The number of ether oxygens (including phenoxy) is 1. The third-order valence-electron chi connectivity index (χ3n) is 2.98. The number of halogens is 1. The van der Waals surface area contributed by atoms with E-state index in [4.69, 9.17) is 4.74 Å². The predicted octanol–water partition coefficient (Wildman–Crippen LogP) is 2.01. The first kappa shape index (κ1) is 14.0. The monoisotopic (exact) mass is 326 g/mol. The van der Waals surface area contributed by atoms with Gasteiger partial charge in [-0.05, 0) is 41.3 Å². The minimum absolute atomic E-state index is 0.129. The minimum Gasteiger partial charge on any atom is -0.452 e. The molecule has 0 atom stereocenters. The van der Waals surface area contributed by atoms with Crippen molar-refractivity contribution in [2.75, 3.05) is 19.7 Å². The van der Waals surface area contributed by atoms with E-state index in [1.807, 2.05) is 0 Å². The largest absolute Gasteiger partial charge is 0.452 e. The molecular weight excluding hydrogens is 312 g/mol.